The Kier molecular flexibility index (Phi) is 5.05. The first-order valence-corrected chi connectivity index (χ1v) is 5.97. The van der Waals surface area contributed by atoms with Gasteiger partial charge in [0.05, 0.1) is 13.0 Å². The average Bonchev–Trinajstić information content (AvgIpc) is 2.23. The van der Waals surface area contributed by atoms with Crippen LogP contribution >= 0.6 is 15.9 Å². The second kappa shape index (κ2) is 6.31. The standard InChI is InChI=1S/C13H13BrO3/c1-3-5-9-6-11(14)10(8-13(15)16)12(7-9)17-4-2/h6-7H,4,8H2,1-2H3,(H,15,16). The number of halogens is 1. The van der Waals surface area contributed by atoms with E-state index in [0.29, 0.717) is 22.4 Å². The van der Waals surface area contributed by atoms with Crippen LogP contribution in [0.4, 0.5) is 0 Å². The summed E-state index contributed by atoms with van der Waals surface area (Å²) in [5.41, 5.74) is 1.44. The van der Waals surface area contributed by atoms with E-state index in [1.54, 1.807) is 19.1 Å². The summed E-state index contributed by atoms with van der Waals surface area (Å²) in [6.45, 7) is 4.10. The first-order valence-electron chi connectivity index (χ1n) is 5.18. The maximum Gasteiger partial charge on any atom is 0.308 e. The molecular formula is C13H13BrO3. The summed E-state index contributed by atoms with van der Waals surface area (Å²) in [5.74, 6) is 5.40. The van der Waals surface area contributed by atoms with Gasteiger partial charge in [-0.3, -0.25) is 4.79 Å². The maximum absolute atomic E-state index is 10.8. The van der Waals surface area contributed by atoms with Crippen molar-refractivity contribution in [1.29, 1.82) is 0 Å². The van der Waals surface area contributed by atoms with Crippen LogP contribution in [0.1, 0.15) is 25.0 Å². The monoisotopic (exact) mass is 296 g/mol. The minimum absolute atomic E-state index is 0.0737. The van der Waals surface area contributed by atoms with Crippen LogP contribution in [0.3, 0.4) is 0 Å². The largest absolute Gasteiger partial charge is 0.493 e. The molecular weight excluding hydrogens is 284 g/mol. The number of carbonyl (C=O) groups is 1. The molecule has 0 bridgehead atoms. The molecule has 0 atom stereocenters. The lowest BCUT2D eigenvalue weighted by molar-refractivity contribution is -0.136. The molecule has 1 rings (SSSR count). The number of rotatable bonds is 4. The van der Waals surface area contributed by atoms with Gasteiger partial charge in [0.1, 0.15) is 5.75 Å². The first-order chi connectivity index (χ1) is 8.08. The lowest BCUT2D eigenvalue weighted by Gasteiger charge is -2.11. The van der Waals surface area contributed by atoms with Gasteiger partial charge in [0, 0.05) is 15.6 Å². The van der Waals surface area contributed by atoms with Crippen LogP contribution in [0.5, 0.6) is 5.75 Å². The molecule has 0 radical (unpaired) electrons. The lowest BCUT2D eigenvalue weighted by atomic mass is 10.1. The van der Waals surface area contributed by atoms with E-state index in [1.807, 2.05) is 6.92 Å². The van der Waals surface area contributed by atoms with Gasteiger partial charge in [-0.2, -0.15) is 0 Å². The van der Waals surface area contributed by atoms with Crippen molar-refractivity contribution in [2.24, 2.45) is 0 Å². The van der Waals surface area contributed by atoms with Crippen LogP contribution in [-0.4, -0.2) is 17.7 Å². The van der Waals surface area contributed by atoms with Crippen LogP contribution in [-0.2, 0) is 11.2 Å². The summed E-state index contributed by atoms with van der Waals surface area (Å²) in [6, 6.07) is 3.57. The molecule has 1 N–H and O–H groups in total. The Morgan fingerprint density at radius 1 is 1.53 bits per heavy atom. The Balaban J connectivity index is 3.25. The van der Waals surface area contributed by atoms with Crippen molar-refractivity contribution in [3.05, 3.63) is 27.7 Å². The highest BCUT2D eigenvalue weighted by Gasteiger charge is 2.13. The highest BCUT2D eigenvalue weighted by Crippen LogP contribution is 2.29. The van der Waals surface area contributed by atoms with Crippen molar-refractivity contribution in [3.8, 4) is 17.6 Å². The lowest BCUT2D eigenvalue weighted by Crippen LogP contribution is -2.05. The van der Waals surface area contributed by atoms with Crippen molar-refractivity contribution in [1.82, 2.24) is 0 Å². The second-order valence-corrected chi connectivity index (χ2v) is 4.17. The van der Waals surface area contributed by atoms with E-state index < -0.39 is 5.97 Å². The fourth-order valence-corrected chi connectivity index (χ4v) is 2.02. The molecule has 0 amide bonds. The molecule has 17 heavy (non-hydrogen) atoms. The molecule has 90 valence electrons. The van der Waals surface area contributed by atoms with Crippen molar-refractivity contribution in [2.45, 2.75) is 20.3 Å². The number of hydrogen-bond donors (Lipinski definition) is 1. The summed E-state index contributed by atoms with van der Waals surface area (Å²) >= 11 is 3.36. The Hall–Kier alpha value is -1.47. The molecule has 0 fully saturated rings. The number of carboxylic acid groups (broad SMARTS) is 1. The van der Waals surface area contributed by atoms with E-state index in [9.17, 15) is 4.79 Å². The van der Waals surface area contributed by atoms with Gasteiger partial charge in [-0.1, -0.05) is 21.9 Å². The summed E-state index contributed by atoms with van der Waals surface area (Å²) in [4.78, 5) is 10.8. The van der Waals surface area contributed by atoms with Gasteiger partial charge < -0.3 is 9.84 Å². The van der Waals surface area contributed by atoms with E-state index >= 15 is 0 Å². The van der Waals surface area contributed by atoms with Crippen LogP contribution in [0.15, 0.2) is 16.6 Å². The van der Waals surface area contributed by atoms with Crippen LogP contribution in [0.25, 0.3) is 0 Å². The summed E-state index contributed by atoms with van der Waals surface area (Å²) in [5, 5.41) is 8.85. The zero-order chi connectivity index (χ0) is 12.8. The third kappa shape index (κ3) is 3.79. The van der Waals surface area contributed by atoms with Crippen LogP contribution < -0.4 is 4.74 Å². The normalized spacial score (nSPS) is 9.35. The third-order valence-corrected chi connectivity index (χ3v) is 2.76. The van der Waals surface area contributed by atoms with E-state index in [-0.39, 0.29) is 6.42 Å². The quantitative estimate of drug-likeness (QED) is 0.869. The van der Waals surface area contributed by atoms with E-state index in [1.165, 1.54) is 0 Å². The minimum Gasteiger partial charge on any atom is -0.493 e. The molecule has 0 saturated heterocycles. The van der Waals surface area contributed by atoms with Gasteiger partial charge in [-0.05, 0) is 26.0 Å². The van der Waals surface area contributed by atoms with Crippen molar-refractivity contribution in [2.75, 3.05) is 6.61 Å². The van der Waals surface area contributed by atoms with E-state index in [0.717, 1.165) is 5.56 Å². The Morgan fingerprint density at radius 3 is 2.76 bits per heavy atom. The third-order valence-electron chi connectivity index (χ3n) is 2.05. The Morgan fingerprint density at radius 2 is 2.24 bits per heavy atom. The molecule has 4 heteroatoms. The molecule has 0 spiro atoms. The number of hydrogen-bond acceptors (Lipinski definition) is 2. The zero-order valence-corrected chi connectivity index (χ0v) is 11.3. The maximum atomic E-state index is 10.8. The highest BCUT2D eigenvalue weighted by molar-refractivity contribution is 9.10. The van der Waals surface area contributed by atoms with Crippen molar-refractivity contribution in [3.63, 3.8) is 0 Å². The molecule has 0 aliphatic heterocycles. The predicted molar refractivity (Wildman–Crippen MR) is 69.2 cm³/mol. The van der Waals surface area contributed by atoms with E-state index in [2.05, 4.69) is 27.8 Å². The number of ether oxygens (including phenoxy) is 1. The van der Waals surface area contributed by atoms with E-state index in [4.69, 9.17) is 9.84 Å². The summed E-state index contributed by atoms with van der Waals surface area (Å²) in [6.07, 6.45) is -0.0737. The topological polar surface area (TPSA) is 46.5 Å². The molecule has 0 aliphatic rings. The molecule has 1 aromatic rings. The van der Waals surface area contributed by atoms with Crippen molar-refractivity contribution >= 4 is 21.9 Å². The molecule has 0 unspecified atom stereocenters. The fraction of sp³-hybridized carbons (Fsp3) is 0.308. The number of carboxylic acids is 1. The van der Waals surface area contributed by atoms with Gasteiger partial charge in [-0.15, -0.1) is 5.92 Å². The Labute approximate surface area is 109 Å². The summed E-state index contributed by atoms with van der Waals surface area (Å²) in [7, 11) is 0. The predicted octanol–water partition coefficient (Wildman–Crippen LogP) is 2.85. The molecule has 0 heterocycles. The van der Waals surface area contributed by atoms with Gasteiger partial charge >= 0.3 is 5.97 Å². The highest BCUT2D eigenvalue weighted by atomic mass is 79.9. The van der Waals surface area contributed by atoms with Crippen LogP contribution in [0, 0.1) is 11.8 Å². The fourth-order valence-electron chi connectivity index (χ4n) is 1.43. The minimum atomic E-state index is -0.888. The van der Waals surface area contributed by atoms with Gasteiger partial charge in [-0.25, -0.2) is 0 Å². The average molecular weight is 297 g/mol. The SMILES string of the molecule is CC#Cc1cc(Br)c(CC(=O)O)c(OCC)c1. The number of aliphatic carboxylic acids is 1. The van der Waals surface area contributed by atoms with Gasteiger partial charge in [0.2, 0.25) is 0 Å². The molecule has 1 aromatic carbocycles. The van der Waals surface area contributed by atoms with Crippen LogP contribution in [0.2, 0.25) is 0 Å². The van der Waals surface area contributed by atoms with Gasteiger partial charge in [0.15, 0.2) is 0 Å². The van der Waals surface area contributed by atoms with Gasteiger partial charge in [0.25, 0.3) is 0 Å². The zero-order valence-electron chi connectivity index (χ0n) is 9.71. The Bertz CT molecular complexity index is 483. The number of benzene rings is 1. The summed E-state index contributed by atoms with van der Waals surface area (Å²) < 4.78 is 6.16. The molecule has 3 nitrogen and oxygen atoms in total. The molecule has 0 aromatic heterocycles. The molecule has 0 saturated carbocycles. The second-order valence-electron chi connectivity index (χ2n) is 3.31. The smallest absolute Gasteiger partial charge is 0.308 e. The molecule has 0 aliphatic carbocycles. The van der Waals surface area contributed by atoms with Crippen molar-refractivity contribution < 1.29 is 14.6 Å². The first kappa shape index (κ1) is 13.6.